The summed E-state index contributed by atoms with van der Waals surface area (Å²) in [4.78, 5) is 14.6. The highest BCUT2D eigenvalue weighted by Gasteiger charge is 2.10. The van der Waals surface area contributed by atoms with Crippen LogP contribution in [0.25, 0.3) is 0 Å². The Balaban J connectivity index is 2.11. The number of aryl methyl sites for hydroxylation is 1. The second-order valence-corrected chi connectivity index (χ2v) is 4.60. The molecule has 1 N–H and O–H groups in total. The molecule has 0 fully saturated rings. The predicted octanol–water partition coefficient (Wildman–Crippen LogP) is 2.88. The highest BCUT2D eigenvalue weighted by molar-refractivity contribution is 6.28. The van der Waals surface area contributed by atoms with Gasteiger partial charge in [0.15, 0.2) is 0 Å². The van der Waals surface area contributed by atoms with Crippen molar-refractivity contribution < 1.29 is 4.42 Å². The molecule has 7 heteroatoms. The fraction of sp³-hybridized carbons (Fsp3) is 0.462. The monoisotopic (exact) mass is 295 g/mol. The van der Waals surface area contributed by atoms with Crippen molar-refractivity contribution in [2.75, 3.05) is 23.3 Å². The van der Waals surface area contributed by atoms with Crippen molar-refractivity contribution in [1.82, 2.24) is 15.0 Å². The van der Waals surface area contributed by atoms with E-state index in [-0.39, 0.29) is 5.28 Å². The zero-order valence-electron chi connectivity index (χ0n) is 11.9. The second-order valence-electron chi connectivity index (χ2n) is 4.27. The number of halogens is 1. The first-order chi connectivity index (χ1) is 9.62. The van der Waals surface area contributed by atoms with Crippen LogP contribution in [0.3, 0.4) is 0 Å². The van der Waals surface area contributed by atoms with Crippen LogP contribution in [0.15, 0.2) is 16.5 Å². The van der Waals surface area contributed by atoms with E-state index in [2.05, 4.69) is 20.3 Å². The molecule has 0 aliphatic carbocycles. The third-order valence-corrected chi connectivity index (χ3v) is 3.03. The Morgan fingerprint density at radius 2 is 1.95 bits per heavy atom. The van der Waals surface area contributed by atoms with Crippen LogP contribution in [0.5, 0.6) is 0 Å². The minimum absolute atomic E-state index is 0.181. The van der Waals surface area contributed by atoms with Crippen molar-refractivity contribution >= 4 is 23.5 Å². The van der Waals surface area contributed by atoms with E-state index in [0.717, 1.165) is 24.6 Å². The first-order valence-electron chi connectivity index (χ1n) is 6.58. The number of hydrogen-bond acceptors (Lipinski definition) is 6. The smallest absolute Gasteiger partial charge is 0.231 e. The molecule has 0 amide bonds. The van der Waals surface area contributed by atoms with Gasteiger partial charge in [0, 0.05) is 13.1 Å². The highest BCUT2D eigenvalue weighted by atomic mass is 35.5. The number of nitrogens with zero attached hydrogens (tertiary/aromatic N) is 4. The van der Waals surface area contributed by atoms with Crippen LogP contribution in [0.2, 0.25) is 5.28 Å². The third-order valence-electron chi connectivity index (χ3n) is 2.86. The number of furan rings is 1. The summed E-state index contributed by atoms with van der Waals surface area (Å²) in [6.45, 7) is 8.12. The minimum Gasteiger partial charge on any atom is -0.465 e. The zero-order valence-corrected chi connectivity index (χ0v) is 12.6. The quantitative estimate of drug-likeness (QED) is 0.884. The van der Waals surface area contributed by atoms with Gasteiger partial charge in [0.1, 0.15) is 11.5 Å². The molecule has 0 saturated carbocycles. The Bertz CT molecular complexity index is 568. The van der Waals surface area contributed by atoms with Gasteiger partial charge in [-0.05, 0) is 44.5 Å². The van der Waals surface area contributed by atoms with Crippen molar-refractivity contribution in [3.05, 3.63) is 28.9 Å². The van der Waals surface area contributed by atoms with Crippen molar-refractivity contribution in [3.8, 4) is 0 Å². The number of hydrogen-bond donors (Lipinski definition) is 1. The standard InChI is InChI=1S/C13H18ClN5O/c1-4-19(5-2)13-17-11(14)16-12(18-13)15-8-10-7-6-9(3)20-10/h6-7H,4-5,8H2,1-3H3,(H,15,16,17,18). The van der Waals surface area contributed by atoms with Gasteiger partial charge in [0.05, 0.1) is 6.54 Å². The first-order valence-corrected chi connectivity index (χ1v) is 6.95. The molecule has 6 nitrogen and oxygen atoms in total. The second kappa shape index (κ2) is 6.56. The third kappa shape index (κ3) is 3.60. The van der Waals surface area contributed by atoms with E-state index in [9.17, 15) is 0 Å². The van der Waals surface area contributed by atoms with Gasteiger partial charge in [0.25, 0.3) is 0 Å². The first kappa shape index (κ1) is 14.6. The molecule has 2 aromatic heterocycles. The van der Waals surface area contributed by atoms with E-state index in [1.54, 1.807) is 0 Å². The number of aromatic nitrogens is 3. The maximum atomic E-state index is 5.94. The van der Waals surface area contributed by atoms with Crippen molar-refractivity contribution in [2.45, 2.75) is 27.3 Å². The molecule has 108 valence electrons. The van der Waals surface area contributed by atoms with Crippen LogP contribution in [-0.2, 0) is 6.54 Å². The molecule has 0 atom stereocenters. The highest BCUT2D eigenvalue weighted by Crippen LogP contribution is 2.14. The van der Waals surface area contributed by atoms with E-state index in [0.29, 0.717) is 18.4 Å². The topological polar surface area (TPSA) is 67.1 Å². The van der Waals surface area contributed by atoms with Gasteiger partial charge in [0.2, 0.25) is 17.2 Å². The van der Waals surface area contributed by atoms with Gasteiger partial charge in [-0.25, -0.2) is 0 Å². The lowest BCUT2D eigenvalue weighted by Gasteiger charge is -2.18. The van der Waals surface area contributed by atoms with Crippen molar-refractivity contribution in [3.63, 3.8) is 0 Å². The Morgan fingerprint density at radius 3 is 2.55 bits per heavy atom. The Labute approximate surface area is 123 Å². The minimum atomic E-state index is 0.181. The van der Waals surface area contributed by atoms with Crippen LogP contribution < -0.4 is 10.2 Å². The molecule has 20 heavy (non-hydrogen) atoms. The molecular formula is C13H18ClN5O. The maximum absolute atomic E-state index is 5.94. The lowest BCUT2D eigenvalue weighted by atomic mass is 10.4. The SMILES string of the molecule is CCN(CC)c1nc(Cl)nc(NCc2ccc(C)o2)n1. The molecule has 2 aromatic rings. The molecule has 0 aromatic carbocycles. The maximum Gasteiger partial charge on any atom is 0.231 e. The fourth-order valence-electron chi connectivity index (χ4n) is 1.81. The Kier molecular flexibility index (Phi) is 4.79. The van der Waals surface area contributed by atoms with Gasteiger partial charge < -0.3 is 14.6 Å². The summed E-state index contributed by atoms with van der Waals surface area (Å²) in [7, 11) is 0. The van der Waals surface area contributed by atoms with Crippen LogP contribution in [0.4, 0.5) is 11.9 Å². The molecule has 0 radical (unpaired) electrons. The van der Waals surface area contributed by atoms with E-state index < -0.39 is 0 Å². The number of anilines is 2. The summed E-state index contributed by atoms with van der Waals surface area (Å²) in [6.07, 6.45) is 0. The van der Waals surface area contributed by atoms with Crippen LogP contribution in [0.1, 0.15) is 25.4 Å². The summed E-state index contributed by atoms with van der Waals surface area (Å²) in [6, 6.07) is 3.83. The van der Waals surface area contributed by atoms with Gasteiger partial charge >= 0.3 is 0 Å². The average Bonchev–Trinajstić information content (AvgIpc) is 2.83. The zero-order chi connectivity index (χ0) is 14.5. The molecule has 0 aliphatic heterocycles. The normalized spacial score (nSPS) is 10.6. The summed E-state index contributed by atoms with van der Waals surface area (Å²) in [5.41, 5.74) is 0. The van der Waals surface area contributed by atoms with Crippen molar-refractivity contribution in [1.29, 1.82) is 0 Å². The number of rotatable bonds is 6. The van der Waals surface area contributed by atoms with E-state index in [1.165, 1.54) is 0 Å². The molecule has 0 spiro atoms. The lowest BCUT2D eigenvalue weighted by molar-refractivity contribution is 0.490. The van der Waals surface area contributed by atoms with Gasteiger partial charge in [-0.2, -0.15) is 15.0 Å². The van der Waals surface area contributed by atoms with Crippen molar-refractivity contribution in [2.24, 2.45) is 0 Å². The molecule has 0 aliphatic rings. The van der Waals surface area contributed by atoms with Crippen LogP contribution >= 0.6 is 11.6 Å². The summed E-state index contributed by atoms with van der Waals surface area (Å²) in [5, 5.41) is 3.27. The summed E-state index contributed by atoms with van der Waals surface area (Å²) < 4.78 is 5.48. The average molecular weight is 296 g/mol. The lowest BCUT2D eigenvalue weighted by Crippen LogP contribution is -2.25. The molecule has 0 bridgehead atoms. The van der Waals surface area contributed by atoms with Crippen LogP contribution in [-0.4, -0.2) is 28.0 Å². The summed E-state index contributed by atoms with van der Waals surface area (Å²) in [5.74, 6) is 2.72. The van der Waals surface area contributed by atoms with Gasteiger partial charge in [-0.1, -0.05) is 0 Å². The molecular weight excluding hydrogens is 278 g/mol. The number of nitrogens with one attached hydrogen (secondary N) is 1. The molecule has 2 rings (SSSR count). The van der Waals surface area contributed by atoms with Gasteiger partial charge in [-0.15, -0.1) is 0 Å². The Hall–Kier alpha value is -1.82. The molecule has 2 heterocycles. The van der Waals surface area contributed by atoms with E-state index in [1.807, 2.05) is 37.8 Å². The fourth-order valence-corrected chi connectivity index (χ4v) is 1.97. The molecule has 0 saturated heterocycles. The Morgan fingerprint density at radius 1 is 1.20 bits per heavy atom. The summed E-state index contributed by atoms with van der Waals surface area (Å²) >= 11 is 5.94. The van der Waals surface area contributed by atoms with Gasteiger partial charge in [-0.3, -0.25) is 0 Å². The van der Waals surface area contributed by atoms with E-state index >= 15 is 0 Å². The molecule has 0 unspecified atom stereocenters. The largest absolute Gasteiger partial charge is 0.465 e. The predicted molar refractivity (Wildman–Crippen MR) is 79.2 cm³/mol. The van der Waals surface area contributed by atoms with E-state index in [4.69, 9.17) is 16.0 Å². The van der Waals surface area contributed by atoms with Crippen LogP contribution in [0, 0.1) is 6.92 Å².